The molecule has 1 aliphatic carbocycles. The summed E-state index contributed by atoms with van der Waals surface area (Å²) in [5.41, 5.74) is 1.13. The molecule has 0 saturated heterocycles. The van der Waals surface area contributed by atoms with E-state index in [9.17, 15) is 14.4 Å². The number of hydrogen-bond acceptors (Lipinski definition) is 3. The van der Waals surface area contributed by atoms with E-state index in [-0.39, 0.29) is 23.3 Å². The maximum absolute atomic E-state index is 12.8. The molecule has 1 saturated carbocycles. The van der Waals surface area contributed by atoms with Crippen molar-refractivity contribution in [2.24, 2.45) is 0 Å². The van der Waals surface area contributed by atoms with Gasteiger partial charge in [-0.1, -0.05) is 31.4 Å². The van der Waals surface area contributed by atoms with E-state index < -0.39 is 0 Å². The molecule has 1 aromatic carbocycles. The van der Waals surface area contributed by atoms with Crippen molar-refractivity contribution in [1.29, 1.82) is 5.26 Å². The van der Waals surface area contributed by atoms with Crippen LogP contribution in [0.3, 0.4) is 0 Å². The molecule has 0 unspecified atom stereocenters. The SMILES string of the molecule is CN(C(=O)/C(C#N)=C\NCCc1ccc(F)cc1)C1CCCCC1. The highest BCUT2D eigenvalue weighted by atomic mass is 19.1. The number of benzene rings is 1. The Morgan fingerprint density at radius 3 is 2.62 bits per heavy atom. The molecule has 1 fully saturated rings. The highest BCUT2D eigenvalue weighted by Crippen LogP contribution is 2.22. The average Bonchev–Trinajstić information content (AvgIpc) is 2.63. The van der Waals surface area contributed by atoms with Crippen LogP contribution in [0, 0.1) is 17.1 Å². The van der Waals surface area contributed by atoms with Crippen molar-refractivity contribution in [2.75, 3.05) is 13.6 Å². The Kier molecular flexibility index (Phi) is 6.80. The van der Waals surface area contributed by atoms with E-state index in [4.69, 9.17) is 0 Å². The molecule has 0 heterocycles. The maximum atomic E-state index is 12.8. The molecule has 0 aromatic heterocycles. The van der Waals surface area contributed by atoms with E-state index in [1.165, 1.54) is 24.8 Å². The van der Waals surface area contributed by atoms with Gasteiger partial charge in [-0.3, -0.25) is 4.79 Å². The fourth-order valence-electron chi connectivity index (χ4n) is 3.01. The quantitative estimate of drug-likeness (QED) is 0.495. The van der Waals surface area contributed by atoms with Crippen LogP contribution >= 0.6 is 0 Å². The molecule has 0 aliphatic heterocycles. The first-order valence-corrected chi connectivity index (χ1v) is 8.47. The van der Waals surface area contributed by atoms with Gasteiger partial charge in [-0.05, 0) is 37.0 Å². The van der Waals surface area contributed by atoms with Crippen molar-refractivity contribution in [3.8, 4) is 6.07 Å². The van der Waals surface area contributed by atoms with Crippen LogP contribution in [-0.4, -0.2) is 30.4 Å². The summed E-state index contributed by atoms with van der Waals surface area (Å²) in [5, 5.41) is 12.3. The molecule has 2 rings (SSSR count). The van der Waals surface area contributed by atoms with Gasteiger partial charge in [-0.15, -0.1) is 0 Å². The number of halogens is 1. The second-order valence-electron chi connectivity index (χ2n) is 6.21. The van der Waals surface area contributed by atoms with Crippen molar-refractivity contribution in [3.63, 3.8) is 0 Å². The number of nitrogens with one attached hydrogen (secondary N) is 1. The summed E-state index contributed by atoms with van der Waals surface area (Å²) in [7, 11) is 1.78. The third-order valence-corrected chi connectivity index (χ3v) is 4.51. The minimum atomic E-state index is -0.255. The predicted octanol–water partition coefficient (Wildman–Crippen LogP) is 3.16. The first-order chi connectivity index (χ1) is 11.6. The van der Waals surface area contributed by atoms with Gasteiger partial charge in [0.1, 0.15) is 17.5 Å². The van der Waals surface area contributed by atoms with Gasteiger partial charge in [0.05, 0.1) is 0 Å². The number of likely N-dealkylation sites (N-methyl/N-ethyl adjacent to an activating group) is 1. The van der Waals surface area contributed by atoms with Crippen LogP contribution in [-0.2, 0) is 11.2 Å². The Morgan fingerprint density at radius 2 is 2.00 bits per heavy atom. The topological polar surface area (TPSA) is 56.1 Å². The summed E-state index contributed by atoms with van der Waals surface area (Å²) in [4.78, 5) is 14.1. The molecule has 0 atom stereocenters. The standard InChI is InChI=1S/C19H24FN3O/c1-23(18-5-3-2-4-6-18)19(24)16(13-21)14-22-12-11-15-7-9-17(20)10-8-15/h7-10,14,18,22H,2-6,11-12H2,1H3/b16-14-. The Labute approximate surface area is 143 Å². The van der Waals surface area contributed by atoms with Crippen LogP contribution in [0.15, 0.2) is 36.0 Å². The summed E-state index contributed by atoms with van der Waals surface area (Å²) in [5.74, 6) is -0.478. The summed E-state index contributed by atoms with van der Waals surface area (Å²) in [6, 6.07) is 8.53. The zero-order chi connectivity index (χ0) is 17.4. The van der Waals surface area contributed by atoms with Gasteiger partial charge in [0.15, 0.2) is 0 Å². The number of nitriles is 1. The van der Waals surface area contributed by atoms with Gasteiger partial charge >= 0.3 is 0 Å². The number of rotatable bonds is 6. The van der Waals surface area contributed by atoms with Gasteiger partial charge in [0.2, 0.25) is 0 Å². The van der Waals surface area contributed by atoms with Gasteiger partial charge in [-0.25, -0.2) is 4.39 Å². The number of hydrogen-bond donors (Lipinski definition) is 1. The van der Waals surface area contributed by atoms with E-state index >= 15 is 0 Å². The maximum Gasteiger partial charge on any atom is 0.265 e. The molecule has 1 amide bonds. The van der Waals surface area contributed by atoms with Crippen molar-refractivity contribution in [3.05, 3.63) is 47.4 Å². The van der Waals surface area contributed by atoms with Crippen molar-refractivity contribution >= 4 is 5.91 Å². The van der Waals surface area contributed by atoms with E-state index in [0.29, 0.717) is 13.0 Å². The first kappa shape index (κ1) is 18.0. The molecule has 0 radical (unpaired) electrons. The van der Waals surface area contributed by atoms with Crippen LogP contribution in [0.1, 0.15) is 37.7 Å². The normalized spacial score (nSPS) is 15.6. The number of carbonyl (C=O) groups is 1. The molecule has 1 aliphatic rings. The van der Waals surface area contributed by atoms with Crippen LogP contribution < -0.4 is 5.32 Å². The lowest BCUT2D eigenvalue weighted by molar-refractivity contribution is -0.128. The molecule has 1 N–H and O–H groups in total. The fourth-order valence-corrected chi connectivity index (χ4v) is 3.01. The first-order valence-electron chi connectivity index (χ1n) is 8.47. The van der Waals surface area contributed by atoms with Crippen LogP contribution in [0.2, 0.25) is 0 Å². The Balaban J connectivity index is 1.85. The lowest BCUT2D eigenvalue weighted by Gasteiger charge is -2.31. The Morgan fingerprint density at radius 1 is 1.33 bits per heavy atom. The number of carbonyl (C=O) groups excluding carboxylic acids is 1. The van der Waals surface area contributed by atoms with Crippen molar-refractivity contribution in [1.82, 2.24) is 10.2 Å². The van der Waals surface area contributed by atoms with Crippen molar-refractivity contribution in [2.45, 2.75) is 44.6 Å². The number of nitrogens with zero attached hydrogens (tertiary/aromatic N) is 2. The molecular weight excluding hydrogens is 305 g/mol. The Bertz CT molecular complexity index is 612. The second-order valence-corrected chi connectivity index (χ2v) is 6.21. The van der Waals surface area contributed by atoms with Gasteiger partial charge in [0.25, 0.3) is 5.91 Å². The monoisotopic (exact) mass is 329 g/mol. The van der Waals surface area contributed by atoms with E-state index in [2.05, 4.69) is 5.32 Å². The predicted molar refractivity (Wildman–Crippen MR) is 91.4 cm³/mol. The fraction of sp³-hybridized carbons (Fsp3) is 0.474. The summed E-state index contributed by atoms with van der Waals surface area (Å²) < 4.78 is 12.8. The summed E-state index contributed by atoms with van der Waals surface area (Å²) in [6.45, 7) is 0.581. The molecule has 128 valence electrons. The molecule has 4 nitrogen and oxygen atoms in total. The third kappa shape index (κ3) is 5.09. The zero-order valence-electron chi connectivity index (χ0n) is 14.1. The third-order valence-electron chi connectivity index (χ3n) is 4.51. The van der Waals surface area contributed by atoms with Gasteiger partial charge in [-0.2, -0.15) is 5.26 Å². The van der Waals surface area contributed by atoms with Crippen LogP contribution in [0.25, 0.3) is 0 Å². The molecule has 1 aromatic rings. The molecule has 0 bridgehead atoms. The highest BCUT2D eigenvalue weighted by Gasteiger charge is 2.24. The number of amides is 1. The smallest absolute Gasteiger partial charge is 0.265 e. The van der Waals surface area contributed by atoms with Crippen LogP contribution in [0.5, 0.6) is 0 Å². The van der Waals surface area contributed by atoms with E-state index in [1.807, 2.05) is 6.07 Å². The average molecular weight is 329 g/mol. The van der Waals surface area contributed by atoms with E-state index in [1.54, 1.807) is 24.1 Å². The van der Waals surface area contributed by atoms with Gasteiger partial charge < -0.3 is 10.2 Å². The largest absolute Gasteiger partial charge is 0.389 e. The lowest BCUT2D eigenvalue weighted by atomic mass is 9.94. The zero-order valence-corrected chi connectivity index (χ0v) is 14.1. The lowest BCUT2D eigenvalue weighted by Crippen LogP contribution is -2.39. The minimum Gasteiger partial charge on any atom is -0.389 e. The van der Waals surface area contributed by atoms with Crippen LogP contribution in [0.4, 0.5) is 4.39 Å². The Hall–Kier alpha value is -2.35. The molecule has 0 spiro atoms. The van der Waals surface area contributed by atoms with E-state index in [0.717, 1.165) is 31.2 Å². The molecule has 5 heteroatoms. The molecular formula is C19H24FN3O. The second kappa shape index (κ2) is 9.07. The summed E-state index contributed by atoms with van der Waals surface area (Å²) >= 11 is 0. The van der Waals surface area contributed by atoms with Gasteiger partial charge in [0, 0.05) is 25.8 Å². The highest BCUT2D eigenvalue weighted by molar-refractivity contribution is 5.97. The summed E-state index contributed by atoms with van der Waals surface area (Å²) in [6.07, 6.45) is 7.73. The molecule has 24 heavy (non-hydrogen) atoms. The minimum absolute atomic E-state index is 0.127. The van der Waals surface area contributed by atoms with Crippen molar-refractivity contribution < 1.29 is 9.18 Å².